The van der Waals surface area contributed by atoms with Crippen molar-refractivity contribution in [1.82, 2.24) is 0 Å². The summed E-state index contributed by atoms with van der Waals surface area (Å²) in [4.78, 5) is 10.6. The summed E-state index contributed by atoms with van der Waals surface area (Å²) in [6.45, 7) is 0. The largest absolute Gasteiger partial charge is 0.479 e. The Hall–Kier alpha value is -2.41. The number of carboxylic acid groups (broad SMARTS) is 1. The van der Waals surface area contributed by atoms with Crippen molar-refractivity contribution in [3.8, 4) is 11.1 Å². The van der Waals surface area contributed by atoms with E-state index in [-0.39, 0.29) is 11.1 Å². The summed E-state index contributed by atoms with van der Waals surface area (Å²) in [5.74, 6) is -2.74. The molecule has 1 atom stereocenters. The molecule has 0 aliphatic carbocycles. The quantitative estimate of drug-likeness (QED) is 0.851. The molecule has 0 radical (unpaired) electrons. The van der Waals surface area contributed by atoms with E-state index in [1.807, 2.05) is 0 Å². The highest BCUT2D eigenvalue weighted by atomic mass is 19.4. The smallest absolute Gasteiger partial charge is 0.417 e. The molecule has 1 unspecified atom stereocenters. The van der Waals surface area contributed by atoms with Crippen LogP contribution in [-0.4, -0.2) is 16.2 Å². The van der Waals surface area contributed by atoms with Gasteiger partial charge in [0.1, 0.15) is 5.82 Å². The Labute approximate surface area is 122 Å². The zero-order valence-electron chi connectivity index (χ0n) is 10.9. The highest BCUT2D eigenvalue weighted by Crippen LogP contribution is 2.37. The first-order valence-electron chi connectivity index (χ1n) is 6.08. The van der Waals surface area contributed by atoms with Gasteiger partial charge in [0, 0.05) is 5.56 Å². The minimum atomic E-state index is -4.60. The molecule has 0 saturated carbocycles. The molecule has 3 nitrogen and oxygen atoms in total. The summed E-state index contributed by atoms with van der Waals surface area (Å²) in [5, 5.41) is 17.9. The third-order valence-electron chi connectivity index (χ3n) is 3.07. The molecule has 0 aliphatic heterocycles. The highest BCUT2D eigenvalue weighted by molar-refractivity contribution is 5.75. The van der Waals surface area contributed by atoms with Crippen molar-refractivity contribution in [3.05, 3.63) is 59.4 Å². The number of halogens is 4. The number of aliphatic hydroxyl groups is 1. The molecule has 0 aliphatic rings. The van der Waals surface area contributed by atoms with Crippen LogP contribution in [0.3, 0.4) is 0 Å². The Morgan fingerprint density at radius 1 is 1.09 bits per heavy atom. The van der Waals surface area contributed by atoms with Crippen LogP contribution in [0.1, 0.15) is 17.2 Å². The molecule has 0 fully saturated rings. The van der Waals surface area contributed by atoms with Crippen LogP contribution in [0.15, 0.2) is 42.5 Å². The molecule has 0 heterocycles. The highest BCUT2D eigenvalue weighted by Gasteiger charge is 2.33. The third kappa shape index (κ3) is 3.09. The molecule has 116 valence electrons. The lowest BCUT2D eigenvalue weighted by Gasteiger charge is -2.14. The van der Waals surface area contributed by atoms with Crippen molar-refractivity contribution in [3.63, 3.8) is 0 Å². The third-order valence-corrected chi connectivity index (χ3v) is 3.07. The summed E-state index contributed by atoms with van der Waals surface area (Å²) < 4.78 is 52.7. The zero-order valence-corrected chi connectivity index (χ0v) is 10.9. The molecular weight excluding hydrogens is 304 g/mol. The van der Waals surface area contributed by atoms with E-state index >= 15 is 0 Å². The standard InChI is InChI=1S/C15H10F4O3/c16-12-7-8(5-6-10(12)13(20)14(21)22)9-3-1-2-4-11(9)15(17,18)19/h1-7,13,20H,(H,21,22). The second-order valence-electron chi connectivity index (χ2n) is 4.52. The van der Waals surface area contributed by atoms with Crippen molar-refractivity contribution in [2.75, 3.05) is 0 Å². The van der Waals surface area contributed by atoms with Gasteiger partial charge in [-0.3, -0.25) is 0 Å². The Balaban J connectivity index is 2.53. The van der Waals surface area contributed by atoms with Gasteiger partial charge in [-0.05, 0) is 23.3 Å². The van der Waals surface area contributed by atoms with Gasteiger partial charge in [-0.2, -0.15) is 13.2 Å². The number of aliphatic hydroxyl groups excluding tert-OH is 1. The zero-order chi connectivity index (χ0) is 16.5. The summed E-state index contributed by atoms with van der Waals surface area (Å²) in [7, 11) is 0. The second kappa shape index (κ2) is 5.76. The first-order valence-corrected chi connectivity index (χ1v) is 6.08. The molecule has 0 bridgehead atoms. The molecule has 0 amide bonds. The number of hydrogen-bond acceptors (Lipinski definition) is 2. The van der Waals surface area contributed by atoms with Gasteiger partial charge in [-0.1, -0.05) is 30.3 Å². The predicted molar refractivity (Wildman–Crippen MR) is 69.4 cm³/mol. The topological polar surface area (TPSA) is 57.5 Å². The van der Waals surface area contributed by atoms with Crippen LogP contribution < -0.4 is 0 Å². The van der Waals surface area contributed by atoms with E-state index in [0.717, 1.165) is 24.3 Å². The molecule has 7 heteroatoms. The summed E-state index contributed by atoms with van der Waals surface area (Å²) in [6.07, 6.45) is -6.68. The average Bonchev–Trinajstić information content (AvgIpc) is 2.45. The van der Waals surface area contributed by atoms with Crippen LogP contribution >= 0.6 is 0 Å². The second-order valence-corrected chi connectivity index (χ2v) is 4.52. The summed E-state index contributed by atoms with van der Waals surface area (Å²) in [6, 6.07) is 7.50. The van der Waals surface area contributed by atoms with Gasteiger partial charge in [0.05, 0.1) is 5.56 Å². The van der Waals surface area contributed by atoms with Crippen molar-refractivity contribution in [1.29, 1.82) is 0 Å². The molecule has 2 N–H and O–H groups in total. The molecule has 0 aromatic heterocycles. The Bertz CT molecular complexity index is 710. The molecular formula is C15H10F4O3. The van der Waals surface area contributed by atoms with Gasteiger partial charge in [0.25, 0.3) is 0 Å². The van der Waals surface area contributed by atoms with E-state index in [1.165, 1.54) is 18.2 Å². The fraction of sp³-hybridized carbons (Fsp3) is 0.133. The van der Waals surface area contributed by atoms with Gasteiger partial charge in [-0.25, -0.2) is 9.18 Å². The van der Waals surface area contributed by atoms with E-state index in [0.29, 0.717) is 0 Å². The van der Waals surface area contributed by atoms with Crippen LogP contribution in [0.25, 0.3) is 11.1 Å². The maximum Gasteiger partial charge on any atom is 0.417 e. The van der Waals surface area contributed by atoms with E-state index in [2.05, 4.69) is 0 Å². The van der Waals surface area contributed by atoms with Crippen LogP contribution in [-0.2, 0) is 11.0 Å². The van der Waals surface area contributed by atoms with E-state index < -0.39 is 35.2 Å². The maximum absolute atomic E-state index is 13.9. The Kier molecular flexibility index (Phi) is 4.18. The van der Waals surface area contributed by atoms with E-state index in [1.54, 1.807) is 0 Å². The van der Waals surface area contributed by atoms with Gasteiger partial charge < -0.3 is 10.2 Å². The van der Waals surface area contributed by atoms with Crippen LogP contribution in [0, 0.1) is 5.82 Å². The van der Waals surface area contributed by atoms with Crippen molar-refractivity contribution in [2.45, 2.75) is 12.3 Å². The number of benzene rings is 2. The Morgan fingerprint density at radius 2 is 1.73 bits per heavy atom. The number of aliphatic carboxylic acids is 1. The lowest BCUT2D eigenvalue weighted by Crippen LogP contribution is -2.12. The first kappa shape index (κ1) is 16.0. The van der Waals surface area contributed by atoms with Crippen LogP contribution in [0.5, 0.6) is 0 Å². The van der Waals surface area contributed by atoms with Gasteiger partial charge in [0.15, 0.2) is 6.10 Å². The number of rotatable bonds is 3. The molecule has 2 aromatic carbocycles. The average molecular weight is 314 g/mol. The van der Waals surface area contributed by atoms with E-state index in [9.17, 15) is 27.5 Å². The number of hydrogen-bond donors (Lipinski definition) is 2. The summed E-state index contributed by atoms with van der Waals surface area (Å²) >= 11 is 0. The normalized spacial score (nSPS) is 13.0. The Morgan fingerprint density at radius 3 is 2.27 bits per heavy atom. The predicted octanol–water partition coefficient (Wildman–Crippen LogP) is 3.63. The fourth-order valence-corrected chi connectivity index (χ4v) is 2.03. The minimum absolute atomic E-state index is 0.0632. The van der Waals surface area contributed by atoms with Crippen LogP contribution in [0.2, 0.25) is 0 Å². The fourth-order valence-electron chi connectivity index (χ4n) is 2.03. The lowest BCUT2D eigenvalue weighted by molar-refractivity contribution is -0.147. The summed E-state index contributed by atoms with van der Waals surface area (Å²) in [5.41, 5.74) is -1.74. The SMILES string of the molecule is O=C(O)C(O)c1ccc(-c2ccccc2C(F)(F)F)cc1F. The van der Waals surface area contributed by atoms with Gasteiger partial charge >= 0.3 is 12.1 Å². The van der Waals surface area contributed by atoms with Gasteiger partial charge in [0.2, 0.25) is 0 Å². The number of carbonyl (C=O) groups is 1. The minimum Gasteiger partial charge on any atom is -0.479 e. The molecule has 2 rings (SSSR count). The van der Waals surface area contributed by atoms with Crippen LogP contribution in [0.4, 0.5) is 17.6 Å². The van der Waals surface area contributed by atoms with Crippen molar-refractivity contribution >= 4 is 5.97 Å². The first-order chi connectivity index (χ1) is 10.2. The molecule has 2 aromatic rings. The lowest BCUT2D eigenvalue weighted by atomic mass is 9.97. The molecule has 0 spiro atoms. The van der Waals surface area contributed by atoms with E-state index in [4.69, 9.17) is 5.11 Å². The molecule has 22 heavy (non-hydrogen) atoms. The van der Waals surface area contributed by atoms with Crippen molar-refractivity contribution < 1.29 is 32.6 Å². The number of carboxylic acids is 1. The van der Waals surface area contributed by atoms with Gasteiger partial charge in [-0.15, -0.1) is 0 Å². The number of alkyl halides is 3. The molecule has 0 saturated heterocycles. The monoisotopic (exact) mass is 314 g/mol. The maximum atomic E-state index is 13.9. The van der Waals surface area contributed by atoms with Crippen molar-refractivity contribution in [2.24, 2.45) is 0 Å².